The molecule has 2 aromatic rings. The number of carbonyl (C=O) groups is 1. The van der Waals surface area contributed by atoms with Gasteiger partial charge in [0.05, 0.1) is 10.7 Å². The highest BCUT2D eigenvalue weighted by Gasteiger charge is 2.06. The minimum Gasteiger partial charge on any atom is -0.506 e. The number of hydrogen-bond acceptors (Lipinski definition) is 4. The van der Waals surface area contributed by atoms with E-state index in [4.69, 9.17) is 4.74 Å². The van der Waals surface area contributed by atoms with E-state index in [1.165, 1.54) is 6.21 Å². The Morgan fingerprint density at radius 3 is 2.73 bits per heavy atom. The molecule has 0 radical (unpaired) electrons. The predicted molar refractivity (Wildman–Crippen MR) is 91.2 cm³/mol. The van der Waals surface area contributed by atoms with Gasteiger partial charge in [-0.15, -0.1) is 0 Å². The average Bonchev–Trinajstić information content (AvgIpc) is 2.51. The first kappa shape index (κ1) is 16.5. The normalized spacial score (nSPS) is 10.6. The monoisotopic (exact) mass is 426 g/mol. The number of phenolic OH excluding ortho intramolecular Hbond substituents is 1. The van der Waals surface area contributed by atoms with Crippen molar-refractivity contribution in [2.24, 2.45) is 5.10 Å². The summed E-state index contributed by atoms with van der Waals surface area (Å²) in [7, 11) is 0. The van der Waals surface area contributed by atoms with Crippen molar-refractivity contribution >= 4 is 44.0 Å². The highest BCUT2D eigenvalue weighted by Crippen LogP contribution is 2.30. The second-order valence-corrected chi connectivity index (χ2v) is 5.99. The van der Waals surface area contributed by atoms with Gasteiger partial charge in [-0.2, -0.15) is 5.10 Å². The van der Waals surface area contributed by atoms with Crippen LogP contribution in [0.1, 0.15) is 5.56 Å². The van der Waals surface area contributed by atoms with Crippen LogP contribution in [-0.2, 0) is 4.79 Å². The summed E-state index contributed by atoms with van der Waals surface area (Å²) in [5.74, 6) is 0.255. The summed E-state index contributed by atoms with van der Waals surface area (Å²) < 4.78 is 6.59. The number of para-hydroxylation sites is 1. The Balaban J connectivity index is 1.88. The molecule has 2 aromatic carbocycles. The molecule has 0 aliphatic heterocycles. The van der Waals surface area contributed by atoms with Gasteiger partial charge in [0.1, 0.15) is 11.5 Å². The minimum atomic E-state index is -0.395. The van der Waals surface area contributed by atoms with Crippen LogP contribution in [0.15, 0.2) is 56.5 Å². The van der Waals surface area contributed by atoms with Crippen molar-refractivity contribution < 1.29 is 14.6 Å². The smallest absolute Gasteiger partial charge is 0.277 e. The van der Waals surface area contributed by atoms with Gasteiger partial charge in [-0.1, -0.05) is 34.1 Å². The SMILES string of the molecule is O=C(COc1ccccc1)NN=Cc1cc(Br)cc(Br)c1O. The van der Waals surface area contributed by atoms with Crippen LogP contribution < -0.4 is 10.2 Å². The molecule has 22 heavy (non-hydrogen) atoms. The van der Waals surface area contributed by atoms with E-state index in [9.17, 15) is 9.90 Å². The zero-order valence-corrected chi connectivity index (χ0v) is 14.5. The number of benzene rings is 2. The van der Waals surface area contributed by atoms with Gasteiger partial charge >= 0.3 is 0 Å². The second kappa shape index (κ2) is 7.95. The standard InChI is InChI=1S/C15H12Br2N2O3/c16-11-6-10(15(21)13(17)7-11)8-18-19-14(20)9-22-12-4-2-1-3-5-12/h1-8,21H,9H2,(H,19,20). The highest BCUT2D eigenvalue weighted by molar-refractivity contribution is 9.11. The van der Waals surface area contributed by atoms with Crippen LogP contribution in [0.5, 0.6) is 11.5 Å². The minimum absolute atomic E-state index is 0.0433. The number of hydrogen-bond donors (Lipinski definition) is 2. The maximum absolute atomic E-state index is 11.6. The highest BCUT2D eigenvalue weighted by atomic mass is 79.9. The number of carbonyl (C=O) groups excluding carboxylic acids is 1. The molecule has 0 bridgehead atoms. The van der Waals surface area contributed by atoms with Crippen molar-refractivity contribution in [3.05, 3.63) is 57.0 Å². The molecule has 0 heterocycles. The third-order valence-corrected chi connectivity index (χ3v) is 3.63. The fourth-order valence-corrected chi connectivity index (χ4v) is 2.81. The summed E-state index contributed by atoms with van der Waals surface area (Å²) >= 11 is 6.53. The zero-order chi connectivity index (χ0) is 15.9. The van der Waals surface area contributed by atoms with Gasteiger partial charge in [0.15, 0.2) is 6.61 Å². The summed E-state index contributed by atoms with van der Waals surface area (Å²) in [5, 5.41) is 13.6. The van der Waals surface area contributed by atoms with Crippen molar-refractivity contribution in [2.45, 2.75) is 0 Å². The Kier molecular flexibility index (Phi) is 5.97. The summed E-state index contributed by atoms with van der Waals surface area (Å²) in [4.78, 5) is 11.6. The molecule has 0 unspecified atom stereocenters. The first-order valence-electron chi connectivity index (χ1n) is 6.24. The molecule has 1 amide bonds. The molecule has 0 spiro atoms. The fourth-order valence-electron chi connectivity index (χ4n) is 1.56. The van der Waals surface area contributed by atoms with E-state index in [1.54, 1.807) is 24.3 Å². The maximum Gasteiger partial charge on any atom is 0.277 e. The molecule has 0 fully saturated rings. The van der Waals surface area contributed by atoms with Crippen LogP contribution in [0.3, 0.4) is 0 Å². The predicted octanol–water partition coefficient (Wildman–Crippen LogP) is 3.45. The molecule has 0 aromatic heterocycles. The molecule has 114 valence electrons. The molecule has 0 saturated carbocycles. The van der Waals surface area contributed by atoms with E-state index in [2.05, 4.69) is 42.4 Å². The van der Waals surface area contributed by atoms with Crippen molar-refractivity contribution in [3.63, 3.8) is 0 Å². The van der Waals surface area contributed by atoms with Crippen LogP contribution >= 0.6 is 31.9 Å². The molecule has 0 saturated heterocycles. The van der Waals surface area contributed by atoms with Crippen LogP contribution in [0.25, 0.3) is 0 Å². The lowest BCUT2D eigenvalue weighted by Gasteiger charge is -2.05. The van der Waals surface area contributed by atoms with Crippen molar-refractivity contribution in [1.29, 1.82) is 0 Å². The number of phenols is 1. The number of amides is 1. The van der Waals surface area contributed by atoms with Gasteiger partial charge in [-0.05, 0) is 40.2 Å². The number of halogens is 2. The van der Waals surface area contributed by atoms with E-state index in [1.807, 2.05) is 18.2 Å². The first-order chi connectivity index (χ1) is 10.6. The Hall–Kier alpha value is -1.86. The Bertz CT molecular complexity index is 691. The van der Waals surface area contributed by atoms with Gasteiger partial charge in [-0.3, -0.25) is 4.79 Å². The quantitative estimate of drug-likeness (QED) is 0.567. The van der Waals surface area contributed by atoms with Crippen LogP contribution in [-0.4, -0.2) is 23.8 Å². The van der Waals surface area contributed by atoms with Gasteiger partial charge < -0.3 is 9.84 Å². The molecule has 2 N–H and O–H groups in total. The summed E-state index contributed by atoms with van der Waals surface area (Å²) in [6, 6.07) is 12.4. The van der Waals surface area contributed by atoms with Crippen LogP contribution in [0, 0.1) is 0 Å². The largest absolute Gasteiger partial charge is 0.506 e. The number of nitrogens with zero attached hydrogens (tertiary/aromatic N) is 1. The molecular weight excluding hydrogens is 416 g/mol. The number of aromatic hydroxyl groups is 1. The van der Waals surface area contributed by atoms with E-state index in [-0.39, 0.29) is 12.4 Å². The Morgan fingerprint density at radius 1 is 1.27 bits per heavy atom. The second-order valence-electron chi connectivity index (χ2n) is 4.22. The molecule has 7 heteroatoms. The topological polar surface area (TPSA) is 70.9 Å². The van der Waals surface area contributed by atoms with E-state index in [0.717, 1.165) is 4.47 Å². The van der Waals surface area contributed by atoms with Gasteiger partial charge in [0.25, 0.3) is 5.91 Å². The average molecular weight is 428 g/mol. The first-order valence-corrected chi connectivity index (χ1v) is 7.82. The fraction of sp³-hybridized carbons (Fsp3) is 0.0667. The lowest BCUT2D eigenvalue weighted by Crippen LogP contribution is -2.24. The Morgan fingerprint density at radius 2 is 2.00 bits per heavy atom. The van der Waals surface area contributed by atoms with Gasteiger partial charge in [0.2, 0.25) is 0 Å². The van der Waals surface area contributed by atoms with Crippen molar-refractivity contribution in [3.8, 4) is 11.5 Å². The lowest BCUT2D eigenvalue weighted by atomic mass is 10.2. The molecule has 0 atom stereocenters. The zero-order valence-electron chi connectivity index (χ0n) is 11.3. The molecule has 0 aliphatic rings. The summed E-state index contributed by atoms with van der Waals surface area (Å²) in [6.07, 6.45) is 1.35. The van der Waals surface area contributed by atoms with Crippen molar-refractivity contribution in [1.82, 2.24) is 5.43 Å². The van der Waals surface area contributed by atoms with Crippen molar-refractivity contribution in [2.75, 3.05) is 6.61 Å². The van der Waals surface area contributed by atoms with E-state index < -0.39 is 5.91 Å². The van der Waals surface area contributed by atoms with Crippen LogP contribution in [0.2, 0.25) is 0 Å². The van der Waals surface area contributed by atoms with Crippen LogP contribution in [0.4, 0.5) is 0 Å². The van der Waals surface area contributed by atoms with E-state index >= 15 is 0 Å². The maximum atomic E-state index is 11.6. The van der Waals surface area contributed by atoms with Gasteiger partial charge in [0, 0.05) is 10.0 Å². The number of nitrogens with one attached hydrogen (secondary N) is 1. The summed E-state index contributed by atoms with van der Waals surface area (Å²) in [5.41, 5.74) is 2.79. The molecule has 5 nitrogen and oxygen atoms in total. The molecule has 0 aliphatic carbocycles. The molecule has 2 rings (SSSR count). The Labute approximate surface area is 144 Å². The lowest BCUT2D eigenvalue weighted by molar-refractivity contribution is -0.123. The number of rotatable bonds is 5. The van der Waals surface area contributed by atoms with E-state index in [0.29, 0.717) is 15.8 Å². The summed E-state index contributed by atoms with van der Waals surface area (Å²) in [6.45, 7) is -0.143. The van der Waals surface area contributed by atoms with Gasteiger partial charge in [-0.25, -0.2) is 5.43 Å². The third kappa shape index (κ3) is 4.85. The third-order valence-electron chi connectivity index (χ3n) is 2.56. The number of ether oxygens (including phenoxy) is 1. The molecular formula is C15H12Br2N2O3. The number of hydrazone groups is 1.